The Morgan fingerprint density at radius 2 is 1.88 bits per heavy atom. The molecule has 0 aromatic rings. The van der Waals surface area contributed by atoms with Crippen molar-refractivity contribution < 1.29 is 33.1 Å². The number of hydrogen-bond donors (Lipinski definition) is 3. The smallest absolute Gasteiger partial charge is 0.323 e. The molecule has 2 rings (SSSR count). The fourth-order valence-corrected chi connectivity index (χ4v) is 4.85. The van der Waals surface area contributed by atoms with Crippen molar-refractivity contribution in [2.24, 2.45) is 11.8 Å². The van der Waals surface area contributed by atoms with Crippen LogP contribution in [-0.4, -0.2) is 20.8 Å². The fourth-order valence-electron chi connectivity index (χ4n) is 2.56. The molecule has 0 aliphatic heterocycles. The van der Waals surface area contributed by atoms with Crippen LogP contribution in [0.3, 0.4) is 0 Å². The zero-order valence-corrected chi connectivity index (χ0v) is 11.4. The number of phosphoric acid groups is 1. The Morgan fingerprint density at radius 1 is 1.18 bits per heavy atom. The first-order chi connectivity index (χ1) is 7.75. The molecule has 17 heavy (non-hydrogen) atoms. The molecule has 7 nitrogen and oxygen atoms in total. The largest absolute Gasteiger partial charge is 0.476 e. The summed E-state index contributed by atoms with van der Waals surface area (Å²) in [6.07, 6.45) is 3.96. The van der Waals surface area contributed by atoms with Crippen LogP contribution >= 0.6 is 14.5 Å². The molecule has 2 fully saturated rings. The van der Waals surface area contributed by atoms with Crippen LogP contribution in [-0.2, 0) is 30.2 Å². The summed E-state index contributed by atoms with van der Waals surface area (Å²) < 4.78 is 19.0. The molecule has 2 saturated carbocycles. The van der Waals surface area contributed by atoms with Gasteiger partial charge in [0.2, 0.25) is 0 Å². The first-order valence-electron chi connectivity index (χ1n) is 5.20. The van der Waals surface area contributed by atoms with Gasteiger partial charge in [0.15, 0.2) is 0 Å². The molecular formula is C7H14O7P2S. The van der Waals surface area contributed by atoms with Gasteiger partial charge in [0, 0.05) is 0 Å². The Morgan fingerprint density at radius 3 is 2.35 bits per heavy atom. The van der Waals surface area contributed by atoms with Gasteiger partial charge < -0.3 is 14.7 Å². The topological polar surface area (TPSA) is 105 Å². The Balaban J connectivity index is 1.82. The van der Waals surface area contributed by atoms with E-state index in [2.05, 4.69) is 20.8 Å². The van der Waals surface area contributed by atoms with E-state index in [4.69, 9.17) is 14.7 Å². The minimum Gasteiger partial charge on any atom is -0.323 e. The molecule has 2 aliphatic rings. The van der Waals surface area contributed by atoms with Gasteiger partial charge in [-0.05, 0) is 49.3 Å². The third kappa shape index (κ3) is 4.06. The van der Waals surface area contributed by atoms with Crippen LogP contribution in [0.4, 0.5) is 0 Å². The van der Waals surface area contributed by atoms with Crippen molar-refractivity contribution in [2.75, 3.05) is 0 Å². The molecule has 0 spiro atoms. The summed E-state index contributed by atoms with van der Waals surface area (Å²) in [6.45, 7) is -4.04. The lowest BCUT2D eigenvalue weighted by Crippen LogP contribution is -2.20. The number of hydrogen-bond acceptors (Lipinski definition) is 5. The highest BCUT2D eigenvalue weighted by Gasteiger charge is 2.42. The summed E-state index contributed by atoms with van der Waals surface area (Å²) in [5.41, 5.74) is 0. The van der Waals surface area contributed by atoms with E-state index in [9.17, 15) is 9.46 Å². The van der Waals surface area contributed by atoms with Crippen molar-refractivity contribution in [3.8, 4) is 0 Å². The van der Waals surface area contributed by atoms with Crippen molar-refractivity contribution >= 4 is 26.3 Å². The average molecular weight is 304 g/mol. The second-order valence-corrected chi connectivity index (χ2v) is 8.53. The van der Waals surface area contributed by atoms with Crippen LogP contribution in [0.15, 0.2) is 0 Å². The average Bonchev–Trinajstić information content (AvgIpc) is 2.71. The molecule has 3 N–H and O–H groups in total. The van der Waals surface area contributed by atoms with E-state index in [0.29, 0.717) is 11.8 Å². The summed E-state index contributed by atoms with van der Waals surface area (Å²) in [6, 6.07) is 0. The highest BCUT2D eigenvalue weighted by molar-refractivity contribution is 8.08. The quantitative estimate of drug-likeness (QED) is 0.398. The third-order valence-electron chi connectivity index (χ3n) is 3.14. The highest BCUT2D eigenvalue weighted by Crippen LogP contribution is 2.58. The van der Waals surface area contributed by atoms with Crippen LogP contribution in [0.5, 0.6) is 0 Å². The maximum absolute atomic E-state index is 10.5. The normalized spacial score (nSPS) is 36.1. The van der Waals surface area contributed by atoms with Crippen LogP contribution in [0, 0.1) is 11.8 Å². The van der Waals surface area contributed by atoms with Crippen molar-refractivity contribution in [2.45, 2.75) is 31.8 Å². The molecule has 0 radical (unpaired) electrons. The molecule has 100 valence electrons. The van der Waals surface area contributed by atoms with E-state index in [-0.39, 0.29) is 6.10 Å². The van der Waals surface area contributed by atoms with E-state index in [0.717, 1.165) is 19.3 Å². The Hall–Kier alpha value is 0.640. The molecule has 4 unspecified atom stereocenters. The Bertz CT molecular complexity index is 382. The first-order valence-corrected chi connectivity index (χ1v) is 9.32. The van der Waals surface area contributed by atoms with Crippen molar-refractivity contribution in [3.63, 3.8) is 0 Å². The zero-order chi connectivity index (χ0) is 12.7. The molecule has 10 heteroatoms. The van der Waals surface area contributed by atoms with Crippen molar-refractivity contribution in [1.29, 1.82) is 0 Å². The van der Waals surface area contributed by atoms with E-state index in [1.807, 2.05) is 0 Å². The summed E-state index contributed by atoms with van der Waals surface area (Å²) in [7, 11) is -4.87. The minimum atomic E-state index is -4.87. The predicted octanol–water partition coefficient (Wildman–Crippen LogP) is 1.45. The zero-order valence-electron chi connectivity index (χ0n) is 8.84. The second kappa shape index (κ2) is 4.96. The SMILES string of the molecule is O=P(O)(O)OP(O)(=S)OOC1CC2CCC1C2. The van der Waals surface area contributed by atoms with Gasteiger partial charge in [-0.15, -0.1) is 4.67 Å². The van der Waals surface area contributed by atoms with E-state index in [1.165, 1.54) is 6.42 Å². The van der Waals surface area contributed by atoms with E-state index >= 15 is 0 Å². The molecule has 2 bridgehead atoms. The van der Waals surface area contributed by atoms with Gasteiger partial charge in [-0.25, -0.2) is 13.8 Å². The molecule has 0 saturated heterocycles. The maximum atomic E-state index is 10.5. The monoisotopic (exact) mass is 304 g/mol. The molecule has 2 aliphatic carbocycles. The lowest BCUT2D eigenvalue weighted by molar-refractivity contribution is -0.261. The summed E-state index contributed by atoms with van der Waals surface area (Å²) in [5, 5.41) is 0. The Labute approximate surface area is 103 Å². The summed E-state index contributed by atoms with van der Waals surface area (Å²) in [5.74, 6) is 0.998. The summed E-state index contributed by atoms with van der Waals surface area (Å²) in [4.78, 5) is 31.3. The summed E-state index contributed by atoms with van der Waals surface area (Å²) >= 11 is 4.42. The number of rotatable bonds is 5. The first kappa shape index (κ1) is 14.1. The van der Waals surface area contributed by atoms with Gasteiger partial charge in [-0.1, -0.05) is 0 Å². The van der Waals surface area contributed by atoms with Gasteiger partial charge in [-0.3, -0.25) is 0 Å². The van der Waals surface area contributed by atoms with Gasteiger partial charge >= 0.3 is 14.5 Å². The lowest BCUT2D eigenvalue weighted by atomic mass is 9.98. The highest BCUT2D eigenvalue weighted by atomic mass is 32.5. The van der Waals surface area contributed by atoms with Crippen molar-refractivity contribution in [1.82, 2.24) is 0 Å². The fraction of sp³-hybridized carbons (Fsp3) is 1.00. The molecule has 4 atom stereocenters. The molecule has 0 aromatic carbocycles. The lowest BCUT2D eigenvalue weighted by Gasteiger charge is -2.22. The minimum absolute atomic E-state index is 0.163. The molecule has 0 heterocycles. The second-order valence-electron chi connectivity index (χ2n) is 4.42. The third-order valence-corrected chi connectivity index (χ3v) is 5.88. The van der Waals surface area contributed by atoms with E-state index in [1.54, 1.807) is 0 Å². The van der Waals surface area contributed by atoms with Gasteiger partial charge in [-0.2, -0.15) is 0 Å². The van der Waals surface area contributed by atoms with Crippen LogP contribution in [0.25, 0.3) is 0 Å². The predicted molar refractivity (Wildman–Crippen MR) is 61.0 cm³/mol. The Kier molecular flexibility index (Phi) is 4.10. The van der Waals surface area contributed by atoms with Crippen LogP contribution in [0.2, 0.25) is 0 Å². The van der Waals surface area contributed by atoms with Crippen molar-refractivity contribution in [3.05, 3.63) is 0 Å². The van der Waals surface area contributed by atoms with Gasteiger partial charge in [0.05, 0.1) is 6.10 Å². The number of fused-ring (bicyclic) bond motifs is 2. The van der Waals surface area contributed by atoms with Gasteiger partial charge in [0.1, 0.15) is 0 Å². The van der Waals surface area contributed by atoms with E-state index < -0.39 is 14.5 Å². The molecular weight excluding hydrogens is 290 g/mol. The molecule has 0 aromatic heterocycles. The standard InChI is InChI=1S/C7H14O7P2S/c8-15(9,10)14-16(11,17)13-12-7-4-5-1-2-6(7)3-5/h5-7H,1-4H2,(H,11,17)(H2,8,9,10). The van der Waals surface area contributed by atoms with Crippen LogP contribution in [0.1, 0.15) is 25.7 Å². The molecule has 0 amide bonds. The van der Waals surface area contributed by atoms with Gasteiger partial charge in [0.25, 0.3) is 0 Å². The maximum Gasteiger partial charge on any atom is 0.476 e. The van der Waals surface area contributed by atoms with Crippen LogP contribution < -0.4 is 0 Å².